The van der Waals surface area contributed by atoms with Crippen molar-refractivity contribution in [3.05, 3.63) is 34.3 Å². The Morgan fingerprint density at radius 2 is 2.22 bits per heavy atom. The number of hydrogen-bond donors (Lipinski definition) is 1. The van der Waals surface area contributed by atoms with Crippen molar-refractivity contribution in [3.8, 4) is 0 Å². The second-order valence-corrected chi connectivity index (χ2v) is 5.40. The normalized spacial score (nSPS) is 24.1. The highest BCUT2D eigenvalue weighted by atomic mass is 35.5. The zero-order chi connectivity index (χ0) is 13.3. The van der Waals surface area contributed by atoms with E-state index in [1.807, 2.05) is 26.0 Å². The predicted molar refractivity (Wildman–Crippen MR) is 71.9 cm³/mol. The van der Waals surface area contributed by atoms with Gasteiger partial charge in [0, 0.05) is 13.1 Å². The number of hydrogen-bond acceptors (Lipinski definition) is 2. The molecule has 1 aliphatic heterocycles. The van der Waals surface area contributed by atoms with Gasteiger partial charge in [0.05, 0.1) is 16.7 Å². The SMILES string of the molecule is Cc1cccc(C(=O)N2CCC(O)C(C)C2)c1Cl. The summed E-state index contributed by atoms with van der Waals surface area (Å²) in [7, 11) is 0. The molecule has 18 heavy (non-hydrogen) atoms. The Bertz CT molecular complexity index is 461. The fraction of sp³-hybridized carbons (Fsp3) is 0.500. The van der Waals surface area contributed by atoms with Crippen LogP contribution >= 0.6 is 11.6 Å². The Hall–Kier alpha value is -1.06. The Morgan fingerprint density at radius 1 is 1.50 bits per heavy atom. The molecule has 1 aromatic carbocycles. The molecule has 0 aliphatic carbocycles. The largest absolute Gasteiger partial charge is 0.393 e. The van der Waals surface area contributed by atoms with Crippen molar-refractivity contribution in [3.63, 3.8) is 0 Å². The lowest BCUT2D eigenvalue weighted by Gasteiger charge is -2.34. The second-order valence-electron chi connectivity index (χ2n) is 5.02. The van der Waals surface area contributed by atoms with Crippen LogP contribution in [-0.2, 0) is 0 Å². The standard InChI is InChI=1S/C14H18ClNO2/c1-9-4-3-5-11(13(9)15)14(18)16-7-6-12(17)10(2)8-16/h3-5,10,12,17H,6-8H2,1-2H3. The molecule has 4 heteroatoms. The smallest absolute Gasteiger partial charge is 0.255 e. The number of halogens is 1. The van der Waals surface area contributed by atoms with E-state index in [4.69, 9.17) is 11.6 Å². The monoisotopic (exact) mass is 267 g/mol. The van der Waals surface area contributed by atoms with Crippen molar-refractivity contribution < 1.29 is 9.90 Å². The van der Waals surface area contributed by atoms with E-state index in [1.54, 1.807) is 11.0 Å². The van der Waals surface area contributed by atoms with Crippen LogP contribution in [-0.4, -0.2) is 35.1 Å². The lowest BCUT2D eigenvalue weighted by Crippen LogP contribution is -2.45. The first-order chi connectivity index (χ1) is 8.50. The molecule has 3 nitrogen and oxygen atoms in total. The van der Waals surface area contributed by atoms with Crippen molar-refractivity contribution >= 4 is 17.5 Å². The van der Waals surface area contributed by atoms with Gasteiger partial charge in [0.1, 0.15) is 0 Å². The van der Waals surface area contributed by atoms with Gasteiger partial charge in [-0.15, -0.1) is 0 Å². The van der Waals surface area contributed by atoms with Gasteiger partial charge < -0.3 is 10.0 Å². The van der Waals surface area contributed by atoms with Gasteiger partial charge in [-0.3, -0.25) is 4.79 Å². The zero-order valence-electron chi connectivity index (χ0n) is 10.7. The maximum Gasteiger partial charge on any atom is 0.255 e. The van der Waals surface area contributed by atoms with E-state index in [-0.39, 0.29) is 17.9 Å². The number of likely N-dealkylation sites (tertiary alicyclic amines) is 1. The molecule has 98 valence electrons. The quantitative estimate of drug-likeness (QED) is 0.849. The third kappa shape index (κ3) is 2.52. The van der Waals surface area contributed by atoms with Crippen molar-refractivity contribution in [2.45, 2.75) is 26.4 Å². The number of carbonyl (C=O) groups is 1. The Kier molecular flexibility index (Phi) is 3.93. The minimum Gasteiger partial charge on any atom is -0.393 e. The molecule has 2 rings (SSSR count). The predicted octanol–water partition coefficient (Wildman–Crippen LogP) is 2.49. The molecule has 1 aliphatic rings. The summed E-state index contributed by atoms with van der Waals surface area (Å²) in [6, 6.07) is 5.49. The lowest BCUT2D eigenvalue weighted by atomic mass is 9.96. The maximum atomic E-state index is 12.4. The first-order valence-electron chi connectivity index (χ1n) is 6.23. The highest BCUT2D eigenvalue weighted by Gasteiger charge is 2.28. The highest BCUT2D eigenvalue weighted by Crippen LogP contribution is 2.24. The Balaban J connectivity index is 2.19. The number of carbonyl (C=O) groups excluding carboxylic acids is 1. The topological polar surface area (TPSA) is 40.5 Å². The summed E-state index contributed by atoms with van der Waals surface area (Å²) in [5.74, 6) is 0.0775. The molecule has 0 radical (unpaired) electrons. The summed E-state index contributed by atoms with van der Waals surface area (Å²) in [4.78, 5) is 14.2. The minimum absolute atomic E-state index is 0.0394. The summed E-state index contributed by atoms with van der Waals surface area (Å²) in [5, 5.41) is 10.2. The van der Waals surface area contributed by atoms with Crippen LogP contribution in [0, 0.1) is 12.8 Å². The van der Waals surface area contributed by atoms with E-state index < -0.39 is 0 Å². The average Bonchev–Trinajstić information content (AvgIpc) is 2.35. The molecule has 2 unspecified atom stereocenters. The van der Waals surface area contributed by atoms with Crippen LogP contribution in [0.4, 0.5) is 0 Å². The minimum atomic E-state index is -0.304. The number of aliphatic hydroxyl groups is 1. The van der Waals surface area contributed by atoms with Gasteiger partial charge in [-0.2, -0.15) is 0 Å². The third-order valence-corrected chi connectivity index (χ3v) is 4.07. The van der Waals surface area contributed by atoms with Crippen LogP contribution in [0.3, 0.4) is 0 Å². The summed E-state index contributed by atoms with van der Waals surface area (Å²) >= 11 is 6.18. The molecule has 2 atom stereocenters. The van der Waals surface area contributed by atoms with Crippen LogP contribution < -0.4 is 0 Å². The van der Waals surface area contributed by atoms with E-state index in [1.165, 1.54) is 0 Å². The third-order valence-electron chi connectivity index (χ3n) is 3.57. The molecule has 0 aromatic heterocycles. The molecule has 1 amide bonds. The summed E-state index contributed by atoms with van der Waals surface area (Å²) < 4.78 is 0. The molecule has 1 fully saturated rings. The van der Waals surface area contributed by atoms with Crippen LogP contribution in [0.15, 0.2) is 18.2 Å². The van der Waals surface area contributed by atoms with E-state index in [2.05, 4.69) is 0 Å². The molecule has 0 bridgehead atoms. The van der Waals surface area contributed by atoms with E-state index in [0.29, 0.717) is 30.1 Å². The van der Waals surface area contributed by atoms with Gasteiger partial charge >= 0.3 is 0 Å². The van der Waals surface area contributed by atoms with Crippen LogP contribution in [0.25, 0.3) is 0 Å². The van der Waals surface area contributed by atoms with Gasteiger partial charge in [-0.1, -0.05) is 30.7 Å². The van der Waals surface area contributed by atoms with Gasteiger partial charge in [0.15, 0.2) is 0 Å². The summed E-state index contributed by atoms with van der Waals surface area (Å²) in [6.45, 7) is 5.03. The number of aryl methyl sites for hydroxylation is 1. The number of nitrogens with zero attached hydrogens (tertiary/aromatic N) is 1. The fourth-order valence-electron chi connectivity index (χ4n) is 2.30. The number of amides is 1. The summed E-state index contributed by atoms with van der Waals surface area (Å²) in [6.07, 6.45) is 0.332. The second kappa shape index (κ2) is 5.29. The van der Waals surface area contributed by atoms with Gasteiger partial charge in [-0.05, 0) is 30.9 Å². The highest BCUT2D eigenvalue weighted by molar-refractivity contribution is 6.34. The zero-order valence-corrected chi connectivity index (χ0v) is 11.4. The van der Waals surface area contributed by atoms with E-state index in [0.717, 1.165) is 5.56 Å². The molecule has 1 saturated heterocycles. The lowest BCUT2D eigenvalue weighted by molar-refractivity contribution is 0.0297. The van der Waals surface area contributed by atoms with Crippen LogP contribution in [0.5, 0.6) is 0 Å². The Labute approximate surface area is 112 Å². The molecule has 1 heterocycles. The fourth-order valence-corrected chi connectivity index (χ4v) is 2.51. The number of piperidine rings is 1. The molecule has 1 aromatic rings. The van der Waals surface area contributed by atoms with Crippen molar-refractivity contribution in [1.82, 2.24) is 4.90 Å². The van der Waals surface area contributed by atoms with Gasteiger partial charge in [-0.25, -0.2) is 0 Å². The van der Waals surface area contributed by atoms with E-state index >= 15 is 0 Å². The first kappa shape index (κ1) is 13.4. The molecule has 0 spiro atoms. The first-order valence-corrected chi connectivity index (χ1v) is 6.61. The number of rotatable bonds is 1. The Morgan fingerprint density at radius 3 is 2.89 bits per heavy atom. The van der Waals surface area contributed by atoms with Gasteiger partial charge in [0.2, 0.25) is 0 Å². The van der Waals surface area contributed by atoms with E-state index in [9.17, 15) is 9.90 Å². The molecule has 1 N–H and O–H groups in total. The average molecular weight is 268 g/mol. The maximum absolute atomic E-state index is 12.4. The molecular formula is C14H18ClNO2. The van der Waals surface area contributed by atoms with Crippen LogP contribution in [0.2, 0.25) is 5.02 Å². The van der Waals surface area contributed by atoms with Crippen molar-refractivity contribution in [2.24, 2.45) is 5.92 Å². The van der Waals surface area contributed by atoms with Gasteiger partial charge in [0.25, 0.3) is 5.91 Å². The molecular weight excluding hydrogens is 250 g/mol. The molecule has 0 saturated carbocycles. The summed E-state index contributed by atoms with van der Waals surface area (Å²) in [5.41, 5.74) is 1.47. The number of benzene rings is 1. The van der Waals surface area contributed by atoms with Crippen molar-refractivity contribution in [1.29, 1.82) is 0 Å². The van der Waals surface area contributed by atoms with Crippen molar-refractivity contribution in [2.75, 3.05) is 13.1 Å². The van der Waals surface area contributed by atoms with Crippen LogP contribution in [0.1, 0.15) is 29.3 Å². The number of aliphatic hydroxyl groups excluding tert-OH is 1.